The van der Waals surface area contributed by atoms with Crippen molar-refractivity contribution in [1.82, 2.24) is 10.2 Å². The zero-order valence-electron chi connectivity index (χ0n) is 12.9. The van der Waals surface area contributed by atoms with Gasteiger partial charge in [-0.3, -0.25) is 4.90 Å². The van der Waals surface area contributed by atoms with Crippen LogP contribution < -0.4 is 10.1 Å². The summed E-state index contributed by atoms with van der Waals surface area (Å²) in [6, 6.07) is 2.01. The van der Waals surface area contributed by atoms with Gasteiger partial charge in [-0.25, -0.2) is 0 Å². The molecule has 0 spiro atoms. The molecule has 1 heterocycles. The first-order chi connectivity index (χ1) is 9.49. The molecule has 3 nitrogen and oxygen atoms in total. The van der Waals surface area contributed by atoms with E-state index in [1.54, 1.807) is 0 Å². The number of hydrogen-bond acceptors (Lipinski definition) is 3. The number of nitrogens with one attached hydrogen (secondary N) is 1. The molecule has 2 rings (SSSR count). The number of ether oxygens (including phenoxy) is 1. The predicted octanol–water partition coefficient (Wildman–Crippen LogP) is 3.15. The van der Waals surface area contributed by atoms with Crippen molar-refractivity contribution in [1.29, 1.82) is 0 Å². The van der Waals surface area contributed by atoms with Crippen LogP contribution in [0.3, 0.4) is 0 Å². The molecule has 4 heteroatoms. The van der Waals surface area contributed by atoms with Gasteiger partial charge in [0.05, 0.1) is 6.10 Å². The highest BCUT2D eigenvalue weighted by molar-refractivity contribution is 6.31. The van der Waals surface area contributed by atoms with Crippen molar-refractivity contribution in [3.8, 4) is 5.75 Å². The lowest BCUT2D eigenvalue weighted by atomic mass is 10.0. The Bertz CT molecular complexity index is 468. The number of halogens is 1. The molecule has 0 bridgehead atoms. The largest absolute Gasteiger partial charge is 0.490 e. The van der Waals surface area contributed by atoms with Crippen LogP contribution >= 0.6 is 11.6 Å². The van der Waals surface area contributed by atoms with Gasteiger partial charge in [0.1, 0.15) is 5.75 Å². The Morgan fingerprint density at radius 3 is 2.55 bits per heavy atom. The van der Waals surface area contributed by atoms with Crippen molar-refractivity contribution in [2.75, 3.05) is 26.2 Å². The number of rotatable bonds is 4. The molecule has 1 aromatic rings. The molecule has 1 aliphatic heterocycles. The number of hydrogen-bond donors (Lipinski definition) is 1. The van der Waals surface area contributed by atoms with Crippen LogP contribution in [0.4, 0.5) is 0 Å². The van der Waals surface area contributed by atoms with Crippen LogP contribution in [0, 0.1) is 13.8 Å². The van der Waals surface area contributed by atoms with Gasteiger partial charge in [0.15, 0.2) is 0 Å². The molecule has 112 valence electrons. The second-order valence-electron chi connectivity index (χ2n) is 5.80. The quantitative estimate of drug-likeness (QED) is 0.924. The monoisotopic (exact) mass is 296 g/mol. The summed E-state index contributed by atoms with van der Waals surface area (Å²) in [5.41, 5.74) is 3.51. The van der Waals surface area contributed by atoms with Crippen LogP contribution in [0.15, 0.2) is 6.07 Å². The zero-order chi connectivity index (χ0) is 14.7. The maximum absolute atomic E-state index is 6.36. The highest BCUT2D eigenvalue weighted by Gasteiger charge is 2.19. The van der Waals surface area contributed by atoms with E-state index in [2.05, 4.69) is 37.9 Å². The maximum atomic E-state index is 6.36. The molecule has 20 heavy (non-hydrogen) atoms. The van der Waals surface area contributed by atoms with Crippen LogP contribution in [0.5, 0.6) is 5.75 Å². The minimum atomic E-state index is 0.177. The zero-order valence-corrected chi connectivity index (χ0v) is 13.7. The van der Waals surface area contributed by atoms with E-state index in [-0.39, 0.29) is 6.10 Å². The molecule has 0 amide bonds. The van der Waals surface area contributed by atoms with Gasteiger partial charge in [-0.1, -0.05) is 11.6 Å². The molecule has 0 radical (unpaired) electrons. The number of benzene rings is 1. The van der Waals surface area contributed by atoms with Crippen molar-refractivity contribution < 1.29 is 4.74 Å². The molecule has 0 atom stereocenters. The van der Waals surface area contributed by atoms with Crippen molar-refractivity contribution in [3.05, 3.63) is 27.8 Å². The highest BCUT2D eigenvalue weighted by atomic mass is 35.5. The van der Waals surface area contributed by atoms with E-state index in [1.807, 2.05) is 6.07 Å². The molecule has 0 aromatic heterocycles. The van der Waals surface area contributed by atoms with Crippen LogP contribution in [0.25, 0.3) is 0 Å². The van der Waals surface area contributed by atoms with E-state index >= 15 is 0 Å². The van der Waals surface area contributed by atoms with Gasteiger partial charge >= 0.3 is 0 Å². The van der Waals surface area contributed by atoms with Crippen molar-refractivity contribution >= 4 is 11.6 Å². The summed E-state index contributed by atoms with van der Waals surface area (Å²) in [6.07, 6.45) is 0.177. The van der Waals surface area contributed by atoms with Crippen LogP contribution in [0.2, 0.25) is 5.02 Å². The summed E-state index contributed by atoms with van der Waals surface area (Å²) in [4.78, 5) is 2.46. The fraction of sp³-hybridized carbons (Fsp3) is 0.625. The Hall–Kier alpha value is -0.770. The lowest BCUT2D eigenvalue weighted by Gasteiger charge is -2.29. The summed E-state index contributed by atoms with van der Waals surface area (Å²) < 4.78 is 6.05. The van der Waals surface area contributed by atoms with E-state index in [0.29, 0.717) is 0 Å². The molecule has 1 aromatic carbocycles. The van der Waals surface area contributed by atoms with E-state index in [0.717, 1.165) is 54.6 Å². The fourth-order valence-corrected chi connectivity index (χ4v) is 2.88. The van der Waals surface area contributed by atoms with Crippen molar-refractivity contribution in [3.63, 3.8) is 0 Å². The minimum absolute atomic E-state index is 0.177. The lowest BCUT2D eigenvalue weighted by Crippen LogP contribution is -2.43. The average molecular weight is 297 g/mol. The normalized spacial score (nSPS) is 16.7. The Morgan fingerprint density at radius 1 is 1.30 bits per heavy atom. The van der Waals surface area contributed by atoms with Gasteiger partial charge < -0.3 is 10.1 Å². The Kier molecular flexibility index (Phi) is 5.30. The Morgan fingerprint density at radius 2 is 1.95 bits per heavy atom. The van der Waals surface area contributed by atoms with Crippen LogP contribution in [0.1, 0.15) is 30.5 Å². The van der Waals surface area contributed by atoms with Gasteiger partial charge in [-0.2, -0.15) is 0 Å². The van der Waals surface area contributed by atoms with E-state index in [4.69, 9.17) is 16.3 Å². The topological polar surface area (TPSA) is 24.5 Å². The second-order valence-corrected chi connectivity index (χ2v) is 6.21. The molecular weight excluding hydrogens is 272 g/mol. The molecule has 0 aliphatic carbocycles. The van der Waals surface area contributed by atoms with E-state index < -0.39 is 0 Å². The van der Waals surface area contributed by atoms with Gasteiger partial charge in [-0.15, -0.1) is 0 Å². The number of aryl methyl sites for hydroxylation is 1. The molecule has 1 N–H and O–H groups in total. The first-order valence-electron chi connectivity index (χ1n) is 7.37. The standard InChI is InChI=1S/C16H25ClN2O/c1-11(2)20-16-12(3)9-15(17)13(4)14(16)10-19-7-5-18-6-8-19/h9,11,18H,5-8,10H2,1-4H3. The lowest BCUT2D eigenvalue weighted by molar-refractivity contribution is 0.213. The molecule has 0 unspecified atom stereocenters. The maximum Gasteiger partial charge on any atom is 0.127 e. The smallest absolute Gasteiger partial charge is 0.127 e. The average Bonchev–Trinajstić information content (AvgIpc) is 2.41. The van der Waals surface area contributed by atoms with E-state index in [1.165, 1.54) is 5.56 Å². The summed E-state index contributed by atoms with van der Waals surface area (Å²) >= 11 is 6.36. The number of piperazine rings is 1. The summed E-state index contributed by atoms with van der Waals surface area (Å²) in [5, 5.41) is 4.22. The van der Waals surface area contributed by atoms with Crippen LogP contribution in [-0.4, -0.2) is 37.2 Å². The molecule has 1 aliphatic rings. The second kappa shape index (κ2) is 6.79. The van der Waals surface area contributed by atoms with Crippen LogP contribution in [-0.2, 0) is 6.54 Å². The molecule has 0 saturated carbocycles. The van der Waals surface area contributed by atoms with Gasteiger partial charge in [0.2, 0.25) is 0 Å². The minimum Gasteiger partial charge on any atom is -0.490 e. The third-order valence-electron chi connectivity index (χ3n) is 3.73. The molecular formula is C16H25ClN2O. The molecule has 1 fully saturated rings. The highest BCUT2D eigenvalue weighted by Crippen LogP contribution is 2.33. The fourth-order valence-electron chi connectivity index (χ4n) is 2.60. The predicted molar refractivity (Wildman–Crippen MR) is 84.8 cm³/mol. The third-order valence-corrected chi connectivity index (χ3v) is 4.12. The van der Waals surface area contributed by atoms with Gasteiger partial charge in [-0.05, 0) is 44.9 Å². The Balaban J connectivity index is 2.31. The van der Waals surface area contributed by atoms with Crippen molar-refractivity contribution in [2.24, 2.45) is 0 Å². The SMILES string of the molecule is Cc1cc(Cl)c(C)c(CN2CCNCC2)c1OC(C)C. The van der Waals surface area contributed by atoms with Crippen molar-refractivity contribution in [2.45, 2.75) is 40.3 Å². The first kappa shape index (κ1) is 15.6. The summed E-state index contributed by atoms with van der Waals surface area (Å²) in [7, 11) is 0. The summed E-state index contributed by atoms with van der Waals surface area (Å²) in [6.45, 7) is 13.5. The van der Waals surface area contributed by atoms with Gasteiger partial charge in [0.25, 0.3) is 0 Å². The van der Waals surface area contributed by atoms with Gasteiger partial charge in [0, 0.05) is 43.3 Å². The summed E-state index contributed by atoms with van der Waals surface area (Å²) in [5.74, 6) is 1.01. The first-order valence-corrected chi connectivity index (χ1v) is 7.75. The van der Waals surface area contributed by atoms with E-state index in [9.17, 15) is 0 Å². The number of nitrogens with zero attached hydrogens (tertiary/aromatic N) is 1. The molecule has 1 saturated heterocycles. The Labute approximate surface area is 127 Å². The third kappa shape index (κ3) is 3.66.